The van der Waals surface area contributed by atoms with E-state index < -0.39 is 0 Å². The molecule has 3 saturated carbocycles. The molecular formula is C31H50O4. The summed E-state index contributed by atoms with van der Waals surface area (Å²) < 4.78 is 11.6. The first-order chi connectivity index (χ1) is 16.5. The molecule has 0 aromatic heterocycles. The fraction of sp³-hybridized carbons (Fsp3) is 0.871. The molecule has 0 heterocycles. The Morgan fingerprint density at radius 2 is 1.66 bits per heavy atom. The lowest BCUT2D eigenvalue weighted by molar-refractivity contribution is -0.155. The van der Waals surface area contributed by atoms with Crippen LogP contribution in [0.4, 0.5) is 0 Å². The van der Waals surface area contributed by atoms with Gasteiger partial charge in [0, 0.05) is 13.8 Å². The molecule has 0 unspecified atom stereocenters. The summed E-state index contributed by atoms with van der Waals surface area (Å²) in [5.74, 6) is 3.93. The van der Waals surface area contributed by atoms with Crippen molar-refractivity contribution in [1.82, 2.24) is 0 Å². The fourth-order valence-corrected chi connectivity index (χ4v) is 9.36. The van der Waals surface area contributed by atoms with E-state index in [9.17, 15) is 9.59 Å². The zero-order valence-corrected chi connectivity index (χ0v) is 23.4. The van der Waals surface area contributed by atoms with E-state index >= 15 is 0 Å². The van der Waals surface area contributed by atoms with Crippen LogP contribution in [-0.4, -0.2) is 24.1 Å². The van der Waals surface area contributed by atoms with Crippen molar-refractivity contribution in [1.29, 1.82) is 0 Å². The number of rotatable bonds is 7. The van der Waals surface area contributed by atoms with Crippen molar-refractivity contribution in [3.8, 4) is 0 Å². The summed E-state index contributed by atoms with van der Waals surface area (Å²) in [6.07, 6.45) is 13.9. The number of esters is 2. The van der Waals surface area contributed by atoms with Crippen LogP contribution in [0.3, 0.4) is 0 Å². The summed E-state index contributed by atoms with van der Waals surface area (Å²) in [5.41, 5.74) is 1.67. The number of carbonyl (C=O) groups is 2. The normalized spacial score (nSPS) is 41.3. The summed E-state index contributed by atoms with van der Waals surface area (Å²) >= 11 is 0. The number of fused-ring (bicyclic) bond motifs is 5. The Morgan fingerprint density at radius 3 is 2.31 bits per heavy atom. The van der Waals surface area contributed by atoms with Crippen molar-refractivity contribution < 1.29 is 19.1 Å². The van der Waals surface area contributed by atoms with E-state index in [1.807, 2.05) is 0 Å². The first-order valence-corrected chi connectivity index (χ1v) is 14.5. The standard InChI is InChI=1S/C31H50O4/c1-19(2)9-8-10-20(3)25-11-12-26-24-18-29(35-22(5)33)28-17-23(34-21(4)32)13-15-31(28,7)27(24)14-16-30(25,26)6/h17,19-20,23-27,29H,8-16,18H2,1-7H3/t20-,23+,24-,25+,26-,27-,29+,30+,31+/m0/s1. The maximum atomic E-state index is 12.2. The van der Waals surface area contributed by atoms with Crippen LogP contribution in [0.2, 0.25) is 0 Å². The second-order valence-corrected chi connectivity index (χ2v) is 13.5. The van der Waals surface area contributed by atoms with Crippen LogP contribution in [0.5, 0.6) is 0 Å². The Morgan fingerprint density at radius 1 is 0.943 bits per heavy atom. The molecule has 4 rings (SSSR count). The molecule has 4 heteroatoms. The second-order valence-electron chi connectivity index (χ2n) is 13.5. The van der Waals surface area contributed by atoms with Crippen molar-refractivity contribution in [2.45, 2.75) is 125 Å². The van der Waals surface area contributed by atoms with Gasteiger partial charge in [0.25, 0.3) is 0 Å². The number of hydrogen-bond acceptors (Lipinski definition) is 4. The van der Waals surface area contributed by atoms with Crippen LogP contribution in [-0.2, 0) is 19.1 Å². The molecule has 0 radical (unpaired) electrons. The molecule has 0 spiro atoms. The average molecular weight is 487 g/mol. The monoisotopic (exact) mass is 486 g/mol. The van der Waals surface area contributed by atoms with Crippen molar-refractivity contribution >= 4 is 11.9 Å². The maximum absolute atomic E-state index is 12.2. The Balaban J connectivity index is 1.58. The molecule has 9 atom stereocenters. The summed E-state index contributed by atoms with van der Waals surface area (Å²) in [4.78, 5) is 23.8. The molecule has 0 N–H and O–H groups in total. The van der Waals surface area contributed by atoms with E-state index in [-0.39, 0.29) is 29.6 Å². The Labute approximate surface area is 214 Å². The van der Waals surface area contributed by atoms with Gasteiger partial charge >= 0.3 is 11.9 Å². The largest absolute Gasteiger partial charge is 0.458 e. The Bertz CT molecular complexity index is 830. The molecule has 4 aliphatic rings. The van der Waals surface area contributed by atoms with E-state index in [1.165, 1.54) is 64.4 Å². The first-order valence-electron chi connectivity index (χ1n) is 14.5. The molecule has 4 nitrogen and oxygen atoms in total. The van der Waals surface area contributed by atoms with E-state index in [2.05, 4.69) is 40.7 Å². The highest BCUT2D eigenvalue weighted by Crippen LogP contribution is 2.68. The highest BCUT2D eigenvalue weighted by atomic mass is 16.5. The maximum Gasteiger partial charge on any atom is 0.303 e. The fourth-order valence-electron chi connectivity index (χ4n) is 9.36. The quantitative estimate of drug-likeness (QED) is 0.276. The molecule has 0 aliphatic heterocycles. The molecule has 0 aromatic rings. The van der Waals surface area contributed by atoms with Crippen LogP contribution in [0, 0.1) is 46.3 Å². The SMILES string of the molecule is CC(=O)O[C@H]1C=C2[C@H](OC(C)=O)C[C@H]3[C@@H]4CC[C@H]([C@@H](C)CCCC(C)C)[C@@]4(C)CC[C@@H]3[C@@]2(C)CC1. The van der Waals surface area contributed by atoms with Gasteiger partial charge in [-0.1, -0.05) is 53.9 Å². The van der Waals surface area contributed by atoms with Gasteiger partial charge in [0.15, 0.2) is 0 Å². The van der Waals surface area contributed by atoms with Crippen molar-refractivity contribution in [2.75, 3.05) is 0 Å². The zero-order valence-electron chi connectivity index (χ0n) is 23.4. The molecule has 35 heavy (non-hydrogen) atoms. The van der Waals surface area contributed by atoms with E-state index in [4.69, 9.17) is 9.47 Å². The lowest BCUT2D eigenvalue weighted by atomic mass is 9.46. The third-order valence-electron chi connectivity index (χ3n) is 10.9. The first kappa shape index (κ1) is 26.7. The molecule has 0 bridgehead atoms. The van der Waals surface area contributed by atoms with Gasteiger partial charge in [-0.05, 0) is 103 Å². The van der Waals surface area contributed by atoms with Gasteiger partial charge in [-0.25, -0.2) is 0 Å². The van der Waals surface area contributed by atoms with E-state index in [0.717, 1.165) is 42.9 Å². The van der Waals surface area contributed by atoms with Crippen LogP contribution < -0.4 is 0 Å². The zero-order chi connectivity index (χ0) is 25.5. The summed E-state index contributed by atoms with van der Waals surface area (Å²) in [7, 11) is 0. The van der Waals surface area contributed by atoms with Gasteiger partial charge in [-0.2, -0.15) is 0 Å². The lowest BCUT2D eigenvalue weighted by Crippen LogP contribution is -2.55. The number of hydrogen-bond donors (Lipinski definition) is 0. The van der Waals surface area contributed by atoms with Crippen LogP contribution in [0.25, 0.3) is 0 Å². The van der Waals surface area contributed by atoms with Crippen molar-refractivity contribution in [3.63, 3.8) is 0 Å². The third-order valence-corrected chi connectivity index (χ3v) is 10.9. The Hall–Kier alpha value is -1.32. The minimum atomic E-state index is -0.235. The molecule has 198 valence electrons. The lowest BCUT2D eigenvalue weighted by Gasteiger charge is -2.60. The van der Waals surface area contributed by atoms with Crippen LogP contribution in [0.15, 0.2) is 11.6 Å². The van der Waals surface area contributed by atoms with Crippen LogP contribution >= 0.6 is 0 Å². The molecule has 0 saturated heterocycles. The average Bonchev–Trinajstić information content (AvgIpc) is 3.11. The topological polar surface area (TPSA) is 52.6 Å². The van der Waals surface area contributed by atoms with Crippen molar-refractivity contribution in [2.24, 2.45) is 46.3 Å². The van der Waals surface area contributed by atoms with Gasteiger partial charge in [0.05, 0.1) is 0 Å². The van der Waals surface area contributed by atoms with Crippen molar-refractivity contribution in [3.05, 3.63) is 11.6 Å². The van der Waals surface area contributed by atoms with E-state index in [0.29, 0.717) is 17.3 Å². The minimum Gasteiger partial charge on any atom is -0.458 e. The van der Waals surface area contributed by atoms with Gasteiger partial charge in [0.2, 0.25) is 0 Å². The summed E-state index contributed by atoms with van der Waals surface area (Å²) in [5, 5.41) is 0. The molecule has 3 fully saturated rings. The van der Waals surface area contributed by atoms with Gasteiger partial charge in [0.1, 0.15) is 12.2 Å². The van der Waals surface area contributed by atoms with E-state index in [1.54, 1.807) is 0 Å². The number of ether oxygens (including phenoxy) is 2. The van der Waals surface area contributed by atoms with Gasteiger partial charge < -0.3 is 9.47 Å². The predicted molar refractivity (Wildman–Crippen MR) is 140 cm³/mol. The summed E-state index contributed by atoms with van der Waals surface area (Å²) in [6.45, 7) is 15.2. The highest BCUT2D eigenvalue weighted by Gasteiger charge is 2.61. The molecular weight excluding hydrogens is 436 g/mol. The smallest absolute Gasteiger partial charge is 0.303 e. The highest BCUT2D eigenvalue weighted by molar-refractivity contribution is 5.67. The van der Waals surface area contributed by atoms with Crippen LogP contribution in [0.1, 0.15) is 113 Å². The number of carbonyl (C=O) groups excluding carboxylic acids is 2. The molecule has 0 aromatic carbocycles. The molecule has 4 aliphatic carbocycles. The van der Waals surface area contributed by atoms with Gasteiger partial charge in [-0.15, -0.1) is 0 Å². The Kier molecular flexibility index (Phi) is 7.80. The van der Waals surface area contributed by atoms with Gasteiger partial charge in [-0.3, -0.25) is 9.59 Å². The molecule has 0 amide bonds. The third kappa shape index (κ3) is 5.10. The summed E-state index contributed by atoms with van der Waals surface area (Å²) in [6, 6.07) is 0. The predicted octanol–water partition coefficient (Wildman–Crippen LogP) is 7.50. The second kappa shape index (κ2) is 10.2. The minimum absolute atomic E-state index is 0.0297.